The Hall–Kier alpha value is -2.34. The van der Waals surface area contributed by atoms with Gasteiger partial charge < -0.3 is 5.32 Å². The Morgan fingerprint density at radius 1 is 1.04 bits per heavy atom. The summed E-state index contributed by atoms with van der Waals surface area (Å²) in [6, 6.07) is 10.4. The van der Waals surface area contributed by atoms with Crippen molar-refractivity contribution in [2.75, 3.05) is 10.0 Å². The predicted octanol–water partition coefficient (Wildman–Crippen LogP) is 3.76. The summed E-state index contributed by atoms with van der Waals surface area (Å²) in [5, 5.41) is 2.77. The van der Waals surface area contributed by atoms with Crippen molar-refractivity contribution in [2.45, 2.75) is 39.0 Å². The lowest BCUT2D eigenvalue weighted by Gasteiger charge is -2.15. The number of sulfonamides is 1. The molecule has 0 aliphatic heterocycles. The Morgan fingerprint density at radius 3 is 2.38 bits per heavy atom. The minimum Gasteiger partial charge on any atom is -0.326 e. The lowest BCUT2D eigenvalue weighted by molar-refractivity contribution is -0.115. The van der Waals surface area contributed by atoms with Gasteiger partial charge in [-0.1, -0.05) is 25.1 Å². The zero-order chi connectivity index (χ0) is 17.9. The Labute approximate surface area is 143 Å². The smallest absolute Gasteiger partial charge is 0.262 e. The Morgan fingerprint density at radius 2 is 1.71 bits per heavy atom. The Kier molecular flexibility index (Phi) is 5.29. The molecule has 2 N–H and O–H groups in total. The predicted molar refractivity (Wildman–Crippen MR) is 96.8 cm³/mol. The average molecular weight is 346 g/mol. The number of benzene rings is 2. The summed E-state index contributed by atoms with van der Waals surface area (Å²) in [6.07, 6.45) is 0.359. The quantitative estimate of drug-likeness (QED) is 0.865. The summed E-state index contributed by atoms with van der Waals surface area (Å²) in [7, 11) is -3.70. The van der Waals surface area contributed by atoms with Gasteiger partial charge in [0.25, 0.3) is 10.0 Å². The molecule has 128 valence electrons. The Balaban J connectivity index is 2.38. The summed E-state index contributed by atoms with van der Waals surface area (Å²) >= 11 is 0. The van der Waals surface area contributed by atoms with Gasteiger partial charge in [-0.3, -0.25) is 9.52 Å². The fourth-order valence-corrected chi connectivity index (χ4v) is 3.77. The molecule has 24 heavy (non-hydrogen) atoms. The van der Waals surface area contributed by atoms with Crippen molar-refractivity contribution in [1.29, 1.82) is 0 Å². The number of carbonyl (C=O) groups excluding carboxylic acids is 1. The molecule has 0 spiro atoms. The highest BCUT2D eigenvalue weighted by Crippen LogP contribution is 2.27. The number of amides is 1. The van der Waals surface area contributed by atoms with Gasteiger partial charge in [-0.2, -0.15) is 0 Å². The molecule has 2 aromatic carbocycles. The minimum absolute atomic E-state index is 0.118. The first-order valence-corrected chi connectivity index (χ1v) is 9.22. The van der Waals surface area contributed by atoms with Crippen LogP contribution in [0.5, 0.6) is 0 Å². The van der Waals surface area contributed by atoms with Crippen LogP contribution in [-0.2, 0) is 14.8 Å². The molecule has 5 nitrogen and oxygen atoms in total. The van der Waals surface area contributed by atoms with Crippen molar-refractivity contribution in [3.63, 3.8) is 0 Å². The monoisotopic (exact) mass is 346 g/mol. The van der Waals surface area contributed by atoms with Gasteiger partial charge in [0.2, 0.25) is 5.91 Å². The fraction of sp³-hybridized carbons (Fsp3) is 0.278. The van der Waals surface area contributed by atoms with Crippen LogP contribution in [-0.4, -0.2) is 14.3 Å². The highest BCUT2D eigenvalue weighted by molar-refractivity contribution is 7.92. The average Bonchev–Trinajstić information content (AvgIpc) is 2.53. The van der Waals surface area contributed by atoms with Gasteiger partial charge in [-0.25, -0.2) is 8.42 Å². The van der Waals surface area contributed by atoms with E-state index in [2.05, 4.69) is 10.0 Å². The molecule has 0 aliphatic rings. The van der Waals surface area contributed by atoms with Crippen LogP contribution >= 0.6 is 0 Å². The van der Waals surface area contributed by atoms with Gasteiger partial charge in [0.15, 0.2) is 0 Å². The molecule has 1 amide bonds. The molecule has 0 atom stereocenters. The highest BCUT2D eigenvalue weighted by atomic mass is 32.2. The van der Waals surface area contributed by atoms with E-state index >= 15 is 0 Å². The van der Waals surface area contributed by atoms with Gasteiger partial charge in [-0.15, -0.1) is 0 Å². The van der Waals surface area contributed by atoms with Crippen molar-refractivity contribution in [2.24, 2.45) is 0 Å². The van der Waals surface area contributed by atoms with E-state index in [1.807, 2.05) is 13.0 Å². The van der Waals surface area contributed by atoms with E-state index in [1.165, 1.54) is 0 Å². The molecule has 0 unspecified atom stereocenters. The van der Waals surface area contributed by atoms with Crippen molar-refractivity contribution in [1.82, 2.24) is 0 Å². The standard InChI is InChI=1S/C18H22N2O3S/c1-5-18(21)19-15-7-6-8-16(14(15)4)20-24(22,23)17-11-12(2)9-10-13(17)3/h6-11,20H,5H2,1-4H3,(H,19,21). The van der Waals surface area contributed by atoms with Crippen LogP contribution in [0.15, 0.2) is 41.3 Å². The van der Waals surface area contributed by atoms with Crippen molar-refractivity contribution in [3.05, 3.63) is 53.1 Å². The van der Waals surface area contributed by atoms with Crippen LogP contribution in [0.2, 0.25) is 0 Å². The summed E-state index contributed by atoms with van der Waals surface area (Å²) in [6.45, 7) is 7.15. The SMILES string of the molecule is CCC(=O)Nc1cccc(NS(=O)(=O)c2cc(C)ccc2C)c1C. The first-order chi connectivity index (χ1) is 11.2. The molecule has 0 bridgehead atoms. The summed E-state index contributed by atoms with van der Waals surface area (Å²) in [5.74, 6) is -0.118. The molecule has 0 saturated carbocycles. The van der Waals surface area contributed by atoms with E-state index < -0.39 is 10.0 Å². The van der Waals surface area contributed by atoms with Crippen LogP contribution in [0.25, 0.3) is 0 Å². The molecule has 2 rings (SSSR count). The molecule has 2 aromatic rings. The number of aryl methyl sites for hydroxylation is 2. The van der Waals surface area contributed by atoms with Crippen LogP contribution in [0, 0.1) is 20.8 Å². The molecule has 0 aromatic heterocycles. The van der Waals surface area contributed by atoms with E-state index in [0.717, 1.165) is 5.56 Å². The first-order valence-electron chi connectivity index (χ1n) is 7.74. The summed E-state index contributed by atoms with van der Waals surface area (Å²) < 4.78 is 28.1. The topological polar surface area (TPSA) is 75.3 Å². The molecular formula is C18H22N2O3S. The number of rotatable bonds is 5. The van der Waals surface area contributed by atoms with Crippen LogP contribution in [0.3, 0.4) is 0 Å². The number of hydrogen-bond acceptors (Lipinski definition) is 3. The second-order valence-corrected chi connectivity index (χ2v) is 7.41. The van der Waals surface area contributed by atoms with Gasteiger partial charge in [0, 0.05) is 12.1 Å². The molecule has 6 heteroatoms. The second-order valence-electron chi connectivity index (χ2n) is 5.75. The van der Waals surface area contributed by atoms with Gasteiger partial charge in [-0.05, 0) is 55.7 Å². The molecule has 0 saturated heterocycles. The van der Waals surface area contributed by atoms with Crippen molar-refractivity contribution in [3.8, 4) is 0 Å². The molecule has 0 fully saturated rings. The zero-order valence-electron chi connectivity index (χ0n) is 14.3. The Bertz CT molecular complexity index is 874. The molecule has 0 heterocycles. The second kappa shape index (κ2) is 7.05. The minimum atomic E-state index is -3.70. The zero-order valence-corrected chi connectivity index (χ0v) is 15.1. The maximum atomic E-state index is 12.7. The van der Waals surface area contributed by atoms with Crippen molar-refractivity contribution < 1.29 is 13.2 Å². The molecule has 0 aliphatic carbocycles. The molecule has 0 radical (unpaired) electrons. The third kappa shape index (κ3) is 3.94. The third-order valence-electron chi connectivity index (χ3n) is 3.81. The number of carbonyl (C=O) groups is 1. The normalized spacial score (nSPS) is 11.2. The van der Waals surface area contributed by atoms with Crippen molar-refractivity contribution >= 4 is 27.3 Å². The van der Waals surface area contributed by atoms with E-state index in [4.69, 9.17) is 0 Å². The first kappa shape index (κ1) is 18.0. The largest absolute Gasteiger partial charge is 0.326 e. The van der Waals surface area contributed by atoms with Gasteiger partial charge in [0.1, 0.15) is 0 Å². The fourth-order valence-electron chi connectivity index (χ4n) is 2.32. The van der Waals surface area contributed by atoms with Crippen LogP contribution < -0.4 is 10.0 Å². The van der Waals surface area contributed by atoms with Crippen LogP contribution in [0.4, 0.5) is 11.4 Å². The third-order valence-corrected chi connectivity index (χ3v) is 5.31. The summed E-state index contributed by atoms with van der Waals surface area (Å²) in [5.41, 5.74) is 3.28. The lowest BCUT2D eigenvalue weighted by atomic mass is 10.1. The lowest BCUT2D eigenvalue weighted by Crippen LogP contribution is -2.16. The number of nitrogens with one attached hydrogen (secondary N) is 2. The van der Waals surface area contributed by atoms with Gasteiger partial charge in [0.05, 0.1) is 10.6 Å². The van der Waals surface area contributed by atoms with E-state index in [9.17, 15) is 13.2 Å². The summed E-state index contributed by atoms with van der Waals surface area (Å²) in [4.78, 5) is 11.8. The van der Waals surface area contributed by atoms with E-state index in [1.54, 1.807) is 51.1 Å². The van der Waals surface area contributed by atoms with Crippen LogP contribution in [0.1, 0.15) is 30.0 Å². The maximum Gasteiger partial charge on any atom is 0.262 e. The highest BCUT2D eigenvalue weighted by Gasteiger charge is 2.19. The van der Waals surface area contributed by atoms with Gasteiger partial charge >= 0.3 is 0 Å². The maximum absolute atomic E-state index is 12.7. The molecular weight excluding hydrogens is 324 g/mol. The van der Waals surface area contributed by atoms with E-state index in [0.29, 0.717) is 28.9 Å². The van der Waals surface area contributed by atoms with E-state index in [-0.39, 0.29) is 10.8 Å². The number of anilines is 2. The number of hydrogen-bond donors (Lipinski definition) is 2.